The van der Waals surface area contributed by atoms with Gasteiger partial charge in [0, 0.05) is 29.2 Å². The van der Waals surface area contributed by atoms with E-state index in [1.54, 1.807) is 0 Å². The summed E-state index contributed by atoms with van der Waals surface area (Å²) < 4.78 is 3.02. The van der Waals surface area contributed by atoms with Crippen molar-refractivity contribution < 1.29 is 4.79 Å². The van der Waals surface area contributed by atoms with Crippen molar-refractivity contribution in [2.75, 3.05) is 13.1 Å². The number of piperidine rings is 1. The smallest absolute Gasteiger partial charge is 0.251 e. The average molecular weight is 433 g/mol. The van der Waals surface area contributed by atoms with Gasteiger partial charge in [-0.15, -0.1) is 5.10 Å². The van der Waals surface area contributed by atoms with Gasteiger partial charge >= 0.3 is 0 Å². The highest BCUT2D eigenvalue weighted by Gasteiger charge is 2.25. The van der Waals surface area contributed by atoms with E-state index < -0.39 is 0 Å². The molecule has 1 amide bonds. The Kier molecular flexibility index (Phi) is 5.83. The summed E-state index contributed by atoms with van der Waals surface area (Å²) >= 11 is 3.40. The number of nitrogens with zero attached hydrogens (tertiary/aromatic N) is 5. The number of halogens is 1. The van der Waals surface area contributed by atoms with E-state index >= 15 is 0 Å². The van der Waals surface area contributed by atoms with Crippen molar-refractivity contribution in [2.24, 2.45) is 0 Å². The van der Waals surface area contributed by atoms with E-state index in [2.05, 4.69) is 41.7 Å². The molecule has 1 aliphatic heterocycles. The molecule has 7 nitrogen and oxygen atoms in total. The van der Waals surface area contributed by atoms with Crippen LogP contribution >= 0.6 is 15.9 Å². The molecule has 8 heteroatoms. The molecule has 2 aromatic rings. The van der Waals surface area contributed by atoms with Gasteiger partial charge in [-0.25, -0.2) is 4.68 Å². The normalized spacial score (nSPS) is 19.4. The Morgan fingerprint density at radius 3 is 2.52 bits per heavy atom. The first-order valence-electron chi connectivity index (χ1n) is 9.74. The maximum atomic E-state index is 12.4. The molecule has 4 rings (SSSR count). The number of nitrogens with one attached hydrogen (secondary N) is 1. The monoisotopic (exact) mass is 432 g/mol. The van der Waals surface area contributed by atoms with Crippen molar-refractivity contribution in [3.63, 3.8) is 0 Å². The number of carbonyl (C=O) groups excluding carboxylic acids is 1. The lowest BCUT2D eigenvalue weighted by Gasteiger charge is -2.32. The van der Waals surface area contributed by atoms with E-state index in [4.69, 9.17) is 0 Å². The van der Waals surface area contributed by atoms with Crippen molar-refractivity contribution in [3.8, 4) is 0 Å². The highest BCUT2D eigenvalue weighted by atomic mass is 79.9. The number of rotatable bonds is 5. The fraction of sp³-hybridized carbons (Fsp3) is 0.579. The highest BCUT2D eigenvalue weighted by Crippen LogP contribution is 2.29. The van der Waals surface area contributed by atoms with Crippen LogP contribution in [0.25, 0.3) is 0 Å². The molecule has 2 heterocycles. The molecule has 0 atom stereocenters. The summed E-state index contributed by atoms with van der Waals surface area (Å²) in [5, 5.41) is 15.5. The molecule has 144 valence electrons. The van der Waals surface area contributed by atoms with Crippen molar-refractivity contribution in [1.82, 2.24) is 30.4 Å². The van der Waals surface area contributed by atoms with Gasteiger partial charge in [-0.1, -0.05) is 28.8 Å². The molecule has 1 aromatic heterocycles. The Hall–Kier alpha value is -1.80. The van der Waals surface area contributed by atoms with Crippen molar-refractivity contribution in [3.05, 3.63) is 40.1 Å². The number of tetrazole rings is 1. The van der Waals surface area contributed by atoms with Crippen LogP contribution in [-0.2, 0) is 6.54 Å². The molecule has 2 fully saturated rings. The molecule has 0 radical (unpaired) electrons. The average Bonchev–Trinajstić information content (AvgIpc) is 3.35. The molecule has 1 saturated heterocycles. The number of aromatic nitrogens is 4. The van der Waals surface area contributed by atoms with Gasteiger partial charge < -0.3 is 5.32 Å². The quantitative estimate of drug-likeness (QED) is 0.785. The Bertz CT molecular complexity index is 763. The molecule has 1 N–H and O–H groups in total. The first-order chi connectivity index (χ1) is 13.2. The summed E-state index contributed by atoms with van der Waals surface area (Å²) in [4.78, 5) is 14.8. The molecule has 0 spiro atoms. The molecular weight excluding hydrogens is 408 g/mol. The topological polar surface area (TPSA) is 75.9 Å². The van der Waals surface area contributed by atoms with E-state index in [0.717, 1.165) is 42.8 Å². The van der Waals surface area contributed by atoms with Gasteiger partial charge in [0.1, 0.15) is 0 Å². The second-order valence-corrected chi connectivity index (χ2v) is 8.42. The Balaban J connectivity index is 1.27. The molecule has 0 unspecified atom stereocenters. The van der Waals surface area contributed by atoms with Crippen LogP contribution in [0.2, 0.25) is 0 Å². The van der Waals surface area contributed by atoms with Crippen LogP contribution in [0.1, 0.15) is 60.7 Å². The minimum absolute atomic E-state index is 0.00567. The van der Waals surface area contributed by atoms with Crippen LogP contribution in [0.3, 0.4) is 0 Å². The van der Waals surface area contributed by atoms with Gasteiger partial charge in [0.2, 0.25) is 0 Å². The number of carbonyl (C=O) groups is 1. The van der Waals surface area contributed by atoms with Crippen LogP contribution < -0.4 is 5.32 Å². The summed E-state index contributed by atoms with van der Waals surface area (Å²) in [5.74, 6) is 0.977. The van der Waals surface area contributed by atoms with Gasteiger partial charge in [-0.2, -0.15) is 0 Å². The first kappa shape index (κ1) is 18.6. The lowest BCUT2D eigenvalue weighted by Crippen LogP contribution is -2.44. The van der Waals surface area contributed by atoms with Crippen LogP contribution in [0.4, 0.5) is 0 Å². The van der Waals surface area contributed by atoms with Crippen LogP contribution in [0.5, 0.6) is 0 Å². The van der Waals surface area contributed by atoms with E-state index in [-0.39, 0.29) is 11.9 Å². The maximum Gasteiger partial charge on any atom is 0.251 e. The summed E-state index contributed by atoms with van der Waals surface area (Å²) in [5.41, 5.74) is 0.705. The number of amides is 1. The van der Waals surface area contributed by atoms with E-state index in [9.17, 15) is 4.79 Å². The molecule has 1 aromatic carbocycles. The van der Waals surface area contributed by atoms with Crippen LogP contribution in [0, 0.1) is 0 Å². The molecule has 1 aliphatic carbocycles. The fourth-order valence-corrected chi connectivity index (χ4v) is 4.32. The minimum Gasteiger partial charge on any atom is -0.349 e. The van der Waals surface area contributed by atoms with Gasteiger partial charge in [0.05, 0.1) is 12.6 Å². The summed E-state index contributed by atoms with van der Waals surface area (Å²) in [6, 6.07) is 8.17. The standard InChI is InChI=1S/C19H25BrN6O/c20-15-7-5-14(6-8-15)19(27)21-16-9-11-25(12-10-16)13-18-22-23-24-26(18)17-3-1-2-4-17/h5-8,16-17H,1-4,9-13H2,(H,21,27). The van der Waals surface area contributed by atoms with Crippen molar-refractivity contribution in [1.29, 1.82) is 0 Å². The number of likely N-dealkylation sites (tertiary alicyclic amines) is 1. The van der Waals surface area contributed by atoms with Gasteiger partial charge in [-0.05, 0) is 60.4 Å². The lowest BCUT2D eigenvalue weighted by atomic mass is 10.0. The lowest BCUT2D eigenvalue weighted by molar-refractivity contribution is 0.0907. The van der Waals surface area contributed by atoms with Gasteiger partial charge in [-0.3, -0.25) is 9.69 Å². The predicted octanol–water partition coefficient (Wildman–Crippen LogP) is 2.95. The minimum atomic E-state index is 0.00567. The largest absolute Gasteiger partial charge is 0.349 e. The SMILES string of the molecule is O=C(NC1CCN(Cc2nnnn2C2CCCC2)CC1)c1ccc(Br)cc1. The number of benzene rings is 1. The summed E-state index contributed by atoms with van der Waals surface area (Å²) in [7, 11) is 0. The predicted molar refractivity (Wildman–Crippen MR) is 105 cm³/mol. The highest BCUT2D eigenvalue weighted by molar-refractivity contribution is 9.10. The third-order valence-corrected chi connectivity index (χ3v) is 6.15. The molecular formula is C19H25BrN6O. The third-order valence-electron chi connectivity index (χ3n) is 5.63. The van der Waals surface area contributed by atoms with E-state index in [1.165, 1.54) is 25.7 Å². The molecule has 27 heavy (non-hydrogen) atoms. The zero-order valence-corrected chi connectivity index (χ0v) is 16.9. The van der Waals surface area contributed by atoms with Crippen LogP contribution in [-0.4, -0.2) is 50.1 Å². The fourth-order valence-electron chi connectivity index (χ4n) is 4.05. The van der Waals surface area contributed by atoms with Gasteiger partial charge in [0.25, 0.3) is 5.91 Å². The van der Waals surface area contributed by atoms with Crippen LogP contribution in [0.15, 0.2) is 28.7 Å². The zero-order chi connectivity index (χ0) is 18.6. The van der Waals surface area contributed by atoms with E-state index in [0.29, 0.717) is 11.6 Å². The molecule has 1 saturated carbocycles. The van der Waals surface area contributed by atoms with Crippen molar-refractivity contribution in [2.45, 2.75) is 57.2 Å². The van der Waals surface area contributed by atoms with Gasteiger partial charge in [0.15, 0.2) is 5.82 Å². The molecule has 2 aliphatic rings. The second kappa shape index (κ2) is 8.48. The molecule has 0 bridgehead atoms. The van der Waals surface area contributed by atoms with Crippen molar-refractivity contribution >= 4 is 21.8 Å². The maximum absolute atomic E-state index is 12.4. The Labute approximate surface area is 167 Å². The summed E-state index contributed by atoms with van der Waals surface area (Å²) in [6.45, 7) is 2.68. The number of hydrogen-bond donors (Lipinski definition) is 1. The zero-order valence-electron chi connectivity index (χ0n) is 15.4. The second-order valence-electron chi connectivity index (χ2n) is 7.51. The Morgan fingerprint density at radius 1 is 1.11 bits per heavy atom. The summed E-state index contributed by atoms with van der Waals surface area (Å²) in [6.07, 6.45) is 6.81. The first-order valence-corrected chi connectivity index (χ1v) is 10.5. The third kappa shape index (κ3) is 4.55. The number of hydrogen-bond acceptors (Lipinski definition) is 5. The van der Waals surface area contributed by atoms with E-state index in [1.807, 2.05) is 28.9 Å². The Morgan fingerprint density at radius 2 is 1.81 bits per heavy atom.